The number of ether oxygens (including phenoxy) is 2. The second-order valence-electron chi connectivity index (χ2n) is 8.27. The Hall–Kier alpha value is -2.74. The van der Waals surface area contributed by atoms with Crippen molar-refractivity contribution >= 4 is 21.6 Å². The van der Waals surface area contributed by atoms with Crippen molar-refractivity contribution in [1.29, 1.82) is 0 Å². The minimum absolute atomic E-state index is 0.250. The number of aryl methyl sites for hydroxylation is 1. The van der Waals surface area contributed by atoms with Gasteiger partial charge in [-0.1, -0.05) is 19.9 Å². The Labute approximate surface area is 191 Å². The molecule has 2 unspecified atom stereocenters. The van der Waals surface area contributed by atoms with Gasteiger partial charge in [0.1, 0.15) is 17.5 Å². The van der Waals surface area contributed by atoms with Crippen LogP contribution < -0.4 is 19.1 Å². The van der Waals surface area contributed by atoms with Crippen LogP contribution >= 0.6 is 0 Å². The van der Waals surface area contributed by atoms with E-state index in [0.29, 0.717) is 11.4 Å². The summed E-state index contributed by atoms with van der Waals surface area (Å²) < 4.78 is 37.0. The van der Waals surface area contributed by atoms with Gasteiger partial charge in [-0.05, 0) is 67.6 Å². The standard InChI is InChI=1S/C24H34N2O5S/c1-15(2)21-14-22(16(3)12-23(21)31-7)17(4)25-24(27)18(5)26(32(8,28)29)19-10-9-11-20(13-19)30-6/h9-15,17-18H,1-8H3,(H,25,27). The lowest BCUT2D eigenvalue weighted by molar-refractivity contribution is -0.122. The lowest BCUT2D eigenvalue weighted by atomic mass is 9.93. The molecule has 2 rings (SSSR count). The molecular formula is C24H34N2O5S. The third-order valence-corrected chi connectivity index (χ3v) is 6.70. The lowest BCUT2D eigenvalue weighted by Crippen LogP contribution is -2.48. The number of methoxy groups -OCH3 is 2. The molecule has 32 heavy (non-hydrogen) atoms. The van der Waals surface area contributed by atoms with Crippen molar-refractivity contribution in [3.63, 3.8) is 0 Å². The fourth-order valence-corrected chi connectivity index (χ4v) is 4.95. The highest BCUT2D eigenvalue weighted by molar-refractivity contribution is 7.92. The van der Waals surface area contributed by atoms with Gasteiger partial charge in [-0.3, -0.25) is 9.10 Å². The zero-order chi connectivity index (χ0) is 24.2. The number of hydrogen-bond acceptors (Lipinski definition) is 5. The molecule has 0 saturated carbocycles. The summed E-state index contributed by atoms with van der Waals surface area (Å²) in [6, 6.07) is 9.38. The van der Waals surface area contributed by atoms with Crippen LogP contribution in [-0.4, -0.2) is 40.8 Å². The molecule has 1 N–H and O–H groups in total. The first-order valence-electron chi connectivity index (χ1n) is 10.5. The Balaban J connectivity index is 2.34. The molecule has 0 saturated heterocycles. The Bertz CT molecular complexity index is 1070. The summed E-state index contributed by atoms with van der Waals surface area (Å²) in [7, 11) is -0.574. The zero-order valence-corrected chi connectivity index (χ0v) is 20.9. The maximum absolute atomic E-state index is 13.1. The number of amides is 1. The van der Waals surface area contributed by atoms with Crippen LogP contribution in [0.5, 0.6) is 11.5 Å². The number of hydrogen-bond donors (Lipinski definition) is 1. The first kappa shape index (κ1) is 25.5. The molecule has 0 radical (unpaired) electrons. The molecule has 0 heterocycles. The van der Waals surface area contributed by atoms with Crippen LogP contribution in [0.2, 0.25) is 0 Å². The van der Waals surface area contributed by atoms with E-state index >= 15 is 0 Å². The van der Waals surface area contributed by atoms with Gasteiger partial charge in [0.15, 0.2) is 0 Å². The highest BCUT2D eigenvalue weighted by Crippen LogP contribution is 2.32. The molecule has 2 atom stereocenters. The molecule has 0 aliphatic rings. The van der Waals surface area contributed by atoms with E-state index < -0.39 is 22.0 Å². The van der Waals surface area contributed by atoms with Crippen LogP contribution in [-0.2, 0) is 14.8 Å². The molecule has 0 fully saturated rings. The Morgan fingerprint density at radius 2 is 1.66 bits per heavy atom. The highest BCUT2D eigenvalue weighted by atomic mass is 32.2. The van der Waals surface area contributed by atoms with Gasteiger partial charge in [-0.25, -0.2) is 8.42 Å². The van der Waals surface area contributed by atoms with Crippen LogP contribution in [0.1, 0.15) is 56.3 Å². The Kier molecular flexibility index (Phi) is 8.18. The molecule has 2 aromatic rings. The zero-order valence-electron chi connectivity index (χ0n) is 20.1. The van der Waals surface area contributed by atoms with E-state index in [0.717, 1.165) is 33.0 Å². The van der Waals surface area contributed by atoms with Crippen LogP contribution in [0.15, 0.2) is 36.4 Å². The van der Waals surface area contributed by atoms with E-state index in [1.807, 2.05) is 26.0 Å². The molecule has 8 heteroatoms. The maximum atomic E-state index is 13.1. The number of anilines is 1. The van der Waals surface area contributed by atoms with Gasteiger partial charge < -0.3 is 14.8 Å². The van der Waals surface area contributed by atoms with E-state index in [2.05, 4.69) is 19.2 Å². The van der Waals surface area contributed by atoms with Gasteiger partial charge in [-0.15, -0.1) is 0 Å². The van der Waals surface area contributed by atoms with E-state index in [4.69, 9.17) is 9.47 Å². The largest absolute Gasteiger partial charge is 0.497 e. The maximum Gasteiger partial charge on any atom is 0.244 e. The summed E-state index contributed by atoms with van der Waals surface area (Å²) in [5.41, 5.74) is 3.36. The van der Waals surface area contributed by atoms with Crippen molar-refractivity contribution in [3.8, 4) is 11.5 Å². The predicted octanol–water partition coefficient (Wildman–Crippen LogP) is 4.17. The molecule has 1 amide bonds. The Morgan fingerprint density at radius 1 is 1.00 bits per heavy atom. The topological polar surface area (TPSA) is 84.9 Å². The Morgan fingerprint density at radius 3 is 2.19 bits per heavy atom. The number of nitrogens with one attached hydrogen (secondary N) is 1. The fraction of sp³-hybridized carbons (Fsp3) is 0.458. The lowest BCUT2D eigenvalue weighted by Gasteiger charge is -2.30. The average Bonchev–Trinajstić information content (AvgIpc) is 2.72. The minimum atomic E-state index is -3.72. The average molecular weight is 463 g/mol. The van der Waals surface area contributed by atoms with Crippen molar-refractivity contribution in [2.24, 2.45) is 0 Å². The van der Waals surface area contributed by atoms with E-state index in [9.17, 15) is 13.2 Å². The van der Waals surface area contributed by atoms with Crippen molar-refractivity contribution in [2.75, 3.05) is 24.8 Å². The van der Waals surface area contributed by atoms with Crippen LogP contribution in [0.25, 0.3) is 0 Å². The summed E-state index contributed by atoms with van der Waals surface area (Å²) in [5, 5.41) is 2.97. The number of benzene rings is 2. The third-order valence-electron chi connectivity index (χ3n) is 5.46. The smallest absolute Gasteiger partial charge is 0.244 e. The SMILES string of the molecule is COc1cccc(N(C(C)C(=O)NC(C)c2cc(C(C)C)c(OC)cc2C)S(C)(=O)=O)c1. The normalized spacial score (nSPS) is 13.4. The number of carbonyl (C=O) groups excluding carboxylic acids is 1. The second kappa shape index (κ2) is 10.3. The molecule has 0 aliphatic heterocycles. The van der Waals surface area contributed by atoms with E-state index in [1.54, 1.807) is 38.3 Å². The van der Waals surface area contributed by atoms with Crippen molar-refractivity contribution in [1.82, 2.24) is 5.32 Å². The van der Waals surface area contributed by atoms with Crippen molar-refractivity contribution < 1.29 is 22.7 Å². The molecule has 2 aromatic carbocycles. The number of sulfonamides is 1. The number of nitrogens with zero attached hydrogens (tertiary/aromatic N) is 1. The van der Waals surface area contributed by atoms with E-state index in [-0.39, 0.29) is 12.0 Å². The van der Waals surface area contributed by atoms with Crippen LogP contribution in [0, 0.1) is 6.92 Å². The summed E-state index contributed by atoms with van der Waals surface area (Å²) in [6.45, 7) is 9.59. The molecule has 7 nitrogen and oxygen atoms in total. The van der Waals surface area contributed by atoms with Gasteiger partial charge >= 0.3 is 0 Å². The predicted molar refractivity (Wildman–Crippen MR) is 128 cm³/mol. The fourth-order valence-electron chi connectivity index (χ4n) is 3.78. The first-order chi connectivity index (χ1) is 14.9. The van der Waals surface area contributed by atoms with Crippen LogP contribution in [0.3, 0.4) is 0 Å². The quantitative estimate of drug-likeness (QED) is 0.605. The molecule has 0 bridgehead atoms. The van der Waals surface area contributed by atoms with Gasteiger partial charge in [0.2, 0.25) is 15.9 Å². The molecular weight excluding hydrogens is 428 g/mol. The van der Waals surface area contributed by atoms with E-state index in [1.165, 1.54) is 7.11 Å². The highest BCUT2D eigenvalue weighted by Gasteiger charge is 2.30. The number of carbonyl (C=O) groups is 1. The van der Waals surface area contributed by atoms with Gasteiger partial charge in [0.25, 0.3) is 0 Å². The summed E-state index contributed by atoms with van der Waals surface area (Å²) in [4.78, 5) is 13.1. The monoisotopic (exact) mass is 462 g/mol. The molecule has 0 aromatic heterocycles. The second-order valence-corrected chi connectivity index (χ2v) is 10.1. The van der Waals surface area contributed by atoms with Gasteiger partial charge in [0.05, 0.1) is 32.2 Å². The van der Waals surface area contributed by atoms with Gasteiger partial charge in [0, 0.05) is 6.07 Å². The molecule has 0 spiro atoms. The van der Waals surface area contributed by atoms with Gasteiger partial charge in [-0.2, -0.15) is 0 Å². The summed E-state index contributed by atoms with van der Waals surface area (Å²) in [6.07, 6.45) is 1.09. The minimum Gasteiger partial charge on any atom is -0.497 e. The van der Waals surface area contributed by atoms with Crippen LogP contribution in [0.4, 0.5) is 5.69 Å². The molecule has 0 aliphatic carbocycles. The summed E-state index contributed by atoms with van der Waals surface area (Å²) in [5.74, 6) is 1.17. The third kappa shape index (κ3) is 5.73. The molecule has 176 valence electrons. The van der Waals surface area contributed by atoms with Crippen molar-refractivity contribution in [2.45, 2.75) is 52.6 Å². The van der Waals surface area contributed by atoms with Crippen molar-refractivity contribution in [3.05, 3.63) is 53.1 Å². The summed E-state index contributed by atoms with van der Waals surface area (Å²) >= 11 is 0. The first-order valence-corrected chi connectivity index (χ1v) is 12.4. The number of rotatable bonds is 9.